The van der Waals surface area contributed by atoms with Crippen LogP contribution in [0, 0.1) is 11.7 Å². The summed E-state index contributed by atoms with van der Waals surface area (Å²) in [6.45, 7) is 7.94. The van der Waals surface area contributed by atoms with E-state index in [-0.39, 0.29) is 16.7 Å². The minimum absolute atomic E-state index is 0.00694. The quantitative estimate of drug-likeness (QED) is 0.611. The molecule has 6 heteroatoms. The molecule has 0 saturated heterocycles. The zero-order chi connectivity index (χ0) is 19.9. The minimum atomic E-state index is -0.654. The van der Waals surface area contributed by atoms with Crippen LogP contribution in [0.15, 0.2) is 18.2 Å². The van der Waals surface area contributed by atoms with Crippen molar-refractivity contribution in [3.8, 4) is 0 Å². The zero-order valence-electron chi connectivity index (χ0n) is 16.2. The highest BCUT2D eigenvalue weighted by Crippen LogP contribution is 2.28. The van der Waals surface area contributed by atoms with E-state index in [1.165, 1.54) is 37.5 Å². The van der Waals surface area contributed by atoms with Crippen LogP contribution in [0.1, 0.15) is 63.7 Å². The fourth-order valence-corrected chi connectivity index (χ4v) is 3.13. The van der Waals surface area contributed by atoms with Crippen molar-refractivity contribution in [2.24, 2.45) is 5.92 Å². The summed E-state index contributed by atoms with van der Waals surface area (Å²) >= 11 is 5.36. The Morgan fingerprint density at radius 1 is 1.31 bits per heavy atom. The fraction of sp³-hybridized carbons (Fsp3) is 0.600. The second-order valence-electron chi connectivity index (χ2n) is 7.68. The predicted molar refractivity (Wildman–Crippen MR) is 102 cm³/mol. The molecule has 0 spiro atoms. The number of halogens is 2. The van der Waals surface area contributed by atoms with Gasteiger partial charge in [0.25, 0.3) is 0 Å². The number of hydrogen-bond acceptors (Lipinski definition) is 3. The second-order valence-corrected chi connectivity index (χ2v) is 8.09. The van der Waals surface area contributed by atoms with Crippen molar-refractivity contribution in [1.82, 2.24) is 4.90 Å². The van der Waals surface area contributed by atoms with E-state index in [4.69, 9.17) is 16.3 Å². The molecule has 0 aliphatic heterocycles. The van der Waals surface area contributed by atoms with Gasteiger partial charge in [-0.15, -0.1) is 0 Å². The van der Waals surface area contributed by atoms with Crippen LogP contribution in [0.4, 0.5) is 9.18 Å². The van der Waals surface area contributed by atoms with Crippen molar-refractivity contribution < 1.29 is 18.7 Å². The number of nitrogens with zero attached hydrogens (tertiary/aromatic N) is 1. The summed E-state index contributed by atoms with van der Waals surface area (Å²) in [5.74, 6) is -0.0644. The Morgan fingerprint density at radius 3 is 2.42 bits per heavy atom. The highest BCUT2D eigenvalue weighted by Gasteiger charge is 2.30. The molecule has 146 valence electrons. The van der Waals surface area contributed by atoms with E-state index in [1.54, 1.807) is 4.90 Å². The van der Waals surface area contributed by atoms with Gasteiger partial charge in [0.2, 0.25) is 0 Å². The molecule has 2 unspecified atom stereocenters. The van der Waals surface area contributed by atoms with E-state index in [9.17, 15) is 14.0 Å². The molecule has 2 atom stereocenters. The number of amides is 1. The summed E-state index contributed by atoms with van der Waals surface area (Å²) < 4.78 is 18.0. The molecule has 1 aromatic carbocycles. The number of carbonyl (C=O) groups is 2. The molecule has 0 aromatic heterocycles. The minimum Gasteiger partial charge on any atom is -0.444 e. The standard InChI is InChI=1S/C13H25NO2.C7H4ClFO/c1-10-8-6-7-9-11(10)14(5)12(15)16-13(2,3)4;8-6-3-1-2-5(4-10)7(6)9/h10-11H,6-9H2,1-5H3;1-4H. The Kier molecular flexibility index (Phi) is 8.54. The first-order chi connectivity index (χ1) is 12.1. The van der Waals surface area contributed by atoms with E-state index < -0.39 is 11.4 Å². The van der Waals surface area contributed by atoms with E-state index in [2.05, 4.69) is 6.92 Å². The summed E-state index contributed by atoms with van der Waals surface area (Å²) in [5, 5.41) is -0.0235. The fourth-order valence-electron chi connectivity index (χ4n) is 2.95. The van der Waals surface area contributed by atoms with E-state index >= 15 is 0 Å². The Morgan fingerprint density at radius 2 is 1.92 bits per heavy atom. The van der Waals surface area contributed by atoms with Crippen molar-refractivity contribution in [1.29, 1.82) is 0 Å². The summed E-state index contributed by atoms with van der Waals surface area (Å²) in [6.07, 6.45) is 5.09. The number of aldehydes is 1. The molecule has 0 radical (unpaired) electrons. The number of ether oxygens (including phenoxy) is 1. The van der Waals surface area contributed by atoms with Crippen LogP contribution in [0.5, 0.6) is 0 Å². The maximum absolute atomic E-state index is 12.6. The number of carbonyl (C=O) groups excluding carboxylic acids is 2. The molecule has 1 amide bonds. The van der Waals surface area contributed by atoms with Gasteiger partial charge in [-0.05, 0) is 51.7 Å². The van der Waals surface area contributed by atoms with Crippen molar-refractivity contribution >= 4 is 24.0 Å². The lowest BCUT2D eigenvalue weighted by Crippen LogP contribution is -2.44. The average molecular weight is 386 g/mol. The number of benzene rings is 1. The maximum Gasteiger partial charge on any atom is 0.410 e. The van der Waals surface area contributed by atoms with Gasteiger partial charge in [0.1, 0.15) is 5.60 Å². The maximum atomic E-state index is 12.6. The molecule has 2 rings (SSSR count). The van der Waals surface area contributed by atoms with Crippen molar-refractivity contribution in [3.05, 3.63) is 34.6 Å². The summed E-state index contributed by atoms with van der Waals surface area (Å²) in [6, 6.07) is 4.64. The van der Waals surface area contributed by atoms with Crippen molar-refractivity contribution in [2.75, 3.05) is 7.05 Å². The van der Waals surface area contributed by atoms with Gasteiger partial charge < -0.3 is 9.64 Å². The van der Waals surface area contributed by atoms with Gasteiger partial charge in [-0.1, -0.05) is 37.4 Å². The monoisotopic (exact) mass is 385 g/mol. The largest absolute Gasteiger partial charge is 0.444 e. The summed E-state index contributed by atoms with van der Waals surface area (Å²) in [7, 11) is 1.86. The lowest BCUT2D eigenvalue weighted by atomic mass is 9.85. The molecule has 0 bridgehead atoms. The van der Waals surface area contributed by atoms with Crippen LogP contribution in [-0.4, -0.2) is 36.0 Å². The Bertz CT molecular complexity index is 616. The first kappa shape index (κ1) is 22.4. The number of rotatable bonds is 2. The van der Waals surface area contributed by atoms with Gasteiger partial charge in [0.15, 0.2) is 12.1 Å². The van der Waals surface area contributed by atoms with Crippen LogP contribution >= 0.6 is 11.6 Å². The van der Waals surface area contributed by atoms with Crippen LogP contribution in [0.2, 0.25) is 5.02 Å². The molecule has 1 fully saturated rings. The van der Waals surface area contributed by atoms with Gasteiger partial charge >= 0.3 is 6.09 Å². The van der Waals surface area contributed by atoms with Crippen molar-refractivity contribution in [2.45, 2.75) is 65.0 Å². The third-order valence-corrected chi connectivity index (χ3v) is 4.65. The first-order valence-electron chi connectivity index (χ1n) is 8.91. The Labute approximate surface area is 160 Å². The normalized spacial score (nSPS) is 19.8. The molecule has 1 aliphatic rings. The lowest BCUT2D eigenvalue weighted by molar-refractivity contribution is 0.0128. The third-order valence-electron chi connectivity index (χ3n) is 4.35. The molecular formula is C20H29ClFNO3. The van der Waals surface area contributed by atoms with E-state index in [0.29, 0.717) is 18.2 Å². The smallest absolute Gasteiger partial charge is 0.410 e. The average Bonchev–Trinajstić information content (AvgIpc) is 2.56. The van der Waals surface area contributed by atoms with Gasteiger partial charge in [-0.2, -0.15) is 0 Å². The molecule has 4 nitrogen and oxygen atoms in total. The summed E-state index contributed by atoms with van der Waals surface area (Å²) in [5.41, 5.74) is -0.406. The van der Waals surface area contributed by atoms with Crippen LogP contribution in [0.3, 0.4) is 0 Å². The molecule has 0 heterocycles. The van der Waals surface area contributed by atoms with Gasteiger partial charge in [0.05, 0.1) is 10.6 Å². The van der Waals surface area contributed by atoms with Gasteiger partial charge in [-0.25, -0.2) is 9.18 Å². The van der Waals surface area contributed by atoms with Crippen LogP contribution in [0.25, 0.3) is 0 Å². The Balaban J connectivity index is 0.000000289. The zero-order valence-corrected chi connectivity index (χ0v) is 17.0. The topological polar surface area (TPSA) is 46.6 Å². The predicted octanol–water partition coefficient (Wildman–Crippen LogP) is 5.72. The van der Waals surface area contributed by atoms with E-state index in [1.807, 2.05) is 27.8 Å². The molecule has 0 N–H and O–H groups in total. The molecular weight excluding hydrogens is 357 g/mol. The van der Waals surface area contributed by atoms with Crippen molar-refractivity contribution in [3.63, 3.8) is 0 Å². The van der Waals surface area contributed by atoms with Gasteiger partial charge in [0, 0.05) is 13.1 Å². The SMILES string of the molecule is CC1CCCCC1N(C)C(=O)OC(C)(C)C.O=Cc1cccc(Cl)c1F. The second kappa shape index (κ2) is 9.91. The highest BCUT2D eigenvalue weighted by atomic mass is 35.5. The Hall–Kier alpha value is -1.62. The summed E-state index contributed by atoms with van der Waals surface area (Å²) in [4.78, 5) is 23.8. The van der Waals surface area contributed by atoms with Crippen LogP contribution in [-0.2, 0) is 4.74 Å². The number of hydrogen-bond donors (Lipinski definition) is 0. The van der Waals surface area contributed by atoms with E-state index in [0.717, 1.165) is 6.42 Å². The third kappa shape index (κ3) is 6.94. The molecule has 1 saturated carbocycles. The first-order valence-corrected chi connectivity index (χ1v) is 9.29. The molecule has 26 heavy (non-hydrogen) atoms. The van der Waals surface area contributed by atoms with Gasteiger partial charge in [-0.3, -0.25) is 4.79 Å². The highest BCUT2D eigenvalue weighted by molar-refractivity contribution is 6.31. The molecule has 1 aliphatic carbocycles. The lowest BCUT2D eigenvalue weighted by Gasteiger charge is -2.36. The molecule has 1 aromatic rings. The van der Waals surface area contributed by atoms with Crippen LogP contribution < -0.4 is 0 Å².